The number of benzene rings is 9. The Morgan fingerprint density at radius 2 is 0.910 bits per heavy atom. The van der Waals surface area contributed by atoms with Gasteiger partial charge in [-0.3, -0.25) is 0 Å². The van der Waals surface area contributed by atoms with Crippen LogP contribution in [0.2, 0.25) is 0 Å². The second-order valence-electron chi connectivity index (χ2n) is 18.0. The summed E-state index contributed by atoms with van der Waals surface area (Å²) < 4.78 is 46.5. The Hall–Kier alpha value is -8.14. The van der Waals surface area contributed by atoms with Crippen LogP contribution in [0.25, 0.3) is 104 Å². The van der Waals surface area contributed by atoms with E-state index >= 15 is 0 Å². The average Bonchev–Trinajstić information content (AvgIpc) is 3.82. The Bertz CT molecular complexity index is 3830. The van der Waals surface area contributed by atoms with Crippen molar-refractivity contribution in [3.8, 4) is 55.9 Å². The number of alkyl halides is 3. The predicted molar refractivity (Wildman–Crippen MR) is 272 cm³/mol. The molecule has 0 atom stereocenters. The first-order valence-electron chi connectivity index (χ1n) is 22.4. The minimum atomic E-state index is -4.47. The SMILES string of the molecule is [C-]#[N+]c1cccc(-n2c3ccccc3c3cc(-c4cc(C)cc(C)c4)ccc32)c1-c1cc(-c2ccc(C(F)(F)F)cc2C)ccc1-n1c2ccccc2c2cc(-c3cc(C)cc(C)c3)ccc21. The van der Waals surface area contributed by atoms with Crippen molar-refractivity contribution in [2.24, 2.45) is 0 Å². The zero-order valence-corrected chi connectivity index (χ0v) is 37.7. The highest BCUT2D eigenvalue weighted by Crippen LogP contribution is 2.47. The fourth-order valence-corrected chi connectivity index (χ4v) is 10.5. The largest absolute Gasteiger partial charge is 0.416 e. The molecule has 11 aromatic rings. The topological polar surface area (TPSA) is 14.2 Å². The number of aromatic nitrogens is 2. The minimum Gasteiger partial charge on any atom is -0.310 e. The molecule has 0 aliphatic carbocycles. The number of hydrogen-bond donors (Lipinski definition) is 0. The van der Waals surface area contributed by atoms with Gasteiger partial charge in [0, 0.05) is 32.8 Å². The van der Waals surface area contributed by atoms with Crippen LogP contribution < -0.4 is 0 Å². The molecule has 0 saturated carbocycles. The molecule has 2 aromatic heterocycles. The number of rotatable bonds is 6. The van der Waals surface area contributed by atoms with Crippen molar-refractivity contribution in [2.45, 2.75) is 40.8 Å². The van der Waals surface area contributed by atoms with Gasteiger partial charge in [0.25, 0.3) is 0 Å². The molecule has 0 radical (unpaired) electrons. The Morgan fingerprint density at radius 3 is 1.43 bits per heavy atom. The summed E-state index contributed by atoms with van der Waals surface area (Å²) in [6.45, 7) is 18.9. The molecule has 0 bridgehead atoms. The van der Waals surface area contributed by atoms with Crippen molar-refractivity contribution < 1.29 is 13.2 Å². The second kappa shape index (κ2) is 15.8. The number of fused-ring (bicyclic) bond motifs is 6. The van der Waals surface area contributed by atoms with Crippen LogP contribution in [-0.4, -0.2) is 9.13 Å². The Morgan fingerprint density at radius 1 is 0.403 bits per heavy atom. The van der Waals surface area contributed by atoms with E-state index in [1.54, 1.807) is 13.0 Å². The van der Waals surface area contributed by atoms with Gasteiger partial charge in [0.1, 0.15) is 0 Å². The van der Waals surface area contributed by atoms with E-state index in [0.717, 1.165) is 100.0 Å². The van der Waals surface area contributed by atoms with Crippen LogP contribution in [-0.2, 0) is 6.18 Å². The van der Waals surface area contributed by atoms with E-state index in [-0.39, 0.29) is 0 Å². The molecule has 3 nitrogen and oxygen atoms in total. The number of halogens is 3. The normalized spacial score (nSPS) is 11.9. The minimum absolute atomic E-state index is 0.454. The van der Waals surface area contributed by atoms with Crippen LogP contribution in [0, 0.1) is 41.2 Å². The summed E-state index contributed by atoms with van der Waals surface area (Å²) in [6.07, 6.45) is -4.47. The molecule has 0 unspecified atom stereocenters. The maximum absolute atomic E-state index is 14.0. The van der Waals surface area contributed by atoms with E-state index in [4.69, 9.17) is 6.57 Å². The molecule has 67 heavy (non-hydrogen) atoms. The van der Waals surface area contributed by atoms with Gasteiger partial charge in [0.05, 0.1) is 39.9 Å². The fraction of sp³-hybridized carbons (Fsp3) is 0.0984. The van der Waals surface area contributed by atoms with Crippen molar-refractivity contribution >= 4 is 49.3 Å². The lowest BCUT2D eigenvalue weighted by Crippen LogP contribution is -2.05. The number of aryl methyl sites for hydroxylation is 5. The summed E-state index contributed by atoms with van der Waals surface area (Å²) >= 11 is 0. The molecule has 0 aliphatic heterocycles. The van der Waals surface area contributed by atoms with Gasteiger partial charge in [-0.1, -0.05) is 131 Å². The summed E-state index contributed by atoms with van der Waals surface area (Å²) in [6, 6.07) is 59.2. The molecular weight excluding hydrogens is 832 g/mol. The molecule has 2 heterocycles. The van der Waals surface area contributed by atoms with E-state index < -0.39 is 11.7 Å². The van der Waals surface area contributed by atoms with Crippen molar-refractivity contribution in [3.63, 3.8) is 0 Å². The summed E-state index contributed by atoms with van der Waals surface area (Å²) in [5.74, 6) is 0. The highest BCUT2D eigenvalue weighted by Gasteiger charge is 2.31. The summed E-state index contributed by atoms with van der Waals surface area (Å²) in [5.41, 5.74) is 18.1. The molecule has 0 N–H and O–H groups in total. The third-order valence-corrected chi connectivity index (χ3v) is 13.2. The Labute approximate surface area is 387 Å². The van der Waals surface area contributed by atoms with Gasteiger partial charge in [-0.25, -0.2) is 4.85 Å². The fourth-order valence-electron chi connectivity index (χ4n) is 10.5. The van der Waals surface area contributed by atoms with Crippen LogP contribution >= 0.6 is 0 Å². The lowest BCUT2D eigenvalue weighted by Gasteiger charge is -2.21. The zero-order valence-electron chi connectivity index (χ0n) is 37.7. The summed E-state index contributed by atoms with van der Waals surface area (Å²) in [5, 5.41) is 4.33. The van der Waals surface area contributed by atoms with Gasteiger partial charge in [-0.15, -0.1) is 0 Å². The van der Waals surface area contributed by atoms with Crippen LogP contribution in [0.3, 0.4) is 0 Å². The summed E-state index contributed by atoms with van der Waals surface area (Å²) in [4.78, 5) is 4.22. The van der Waals surface area contributed by atoms with Gasteiger partial charge >= 0.3 is 6.18 Å². The lowest BCUT2D eigenvalue weighted by atomic mass is 9.92. The lowest BCUT2D eigenvalue weighted by molar-refractivity contribution is -0.137. The van der Waals surface area contributed by atoms with Crippen LogP contribution in [0.4, 0.5) is 18.9 Å². The van der Waals surface area contributed by atoms with Gasteiger partial charge < -0.3 is 9.13 Å². The first-order valence-corrected chi connectivity index (χ1v) is 22.4. The molecule has 0 amide bonds. The van der Waals surface area contributed by atoms with E-state index in [2.05, 4.69) is 169 Å². The maximum Gasteiger partial charge on any atom is 0.416 e. The van der Waals surface area contributed by atoms with E-state index in [1.807, 2.05) is 30.3 Å². The average molecular weight is 876 g/mol. The van der Waals surface area contributed by atoms with E-state index in [0.29, 0.717) is 16.8 Å². The van der Waals surface area contributed by atoms with Crippen molar-refractivity contribution in [1.82, 2.24) is 9.13 Å². The van der Waals surface area contributed by atoms with Crippen LogP contribution in [0.1, 0.15) is 33.4 Å². The van der Waals surface area contributed by atoms with Crippen molar-refractivity contribution in [2.75, 3.05) is 0 Å². The first-order chi connectivity index (χ1) is 32.3. The van der Waals surface area contributed by atoms with Gasteiger partial charge in [-0.05, 0) is 146 Å². The monoisotopic (exact) mass is 875 g/mol. The number of hydrogen-bond acceptors (Lipinski definition) is 0. The predicted octanol–water partition coefficient (Wildman–Crippen LogP) is 17.7. The molecule has 324 valence electrons. The molecule has 6 heteroatoms. The summed E-state index contributed by atoms with van der Waals surface area (Å²) in [7, 11) is 0. The standard InChI is InChI=1S/C61H44F3N3/c1-36-26-37(2)29-44(28-36)41-18-23-56-50(33-41)48-12-7-9-15-54(48)66(56)58-25-20-43(47-22-21-46(32-40(47)5)61(62,63)64)35-52(58)60-53(65-6)14-11-17-59(60)67-55-16-10-8-13-49(55)51-34-42(19-24-57(51)67)45-30-38(3)27-39(4)31-45/h7-35H,1-5H3. The van der Waals surface area contributed by atoms with Crippen molar-refractivity contribution in [1.29, 1.82) is 0 Å². The van der Waals surface area contributed by atoms with Gasteiger partial charge in [0.2, 0.25) is 0 Å². The third kappa shape index (κ3) is 7.06. The third-order valence-electron chi connectivity index (χ3n) is 13.2. The quantitative estimate of drug-likeness (QED) is 0.148. The maximum atomic E-state index is 14.0. The highest BCUT2D eigenvalue weighted by atomic mass is 19.4. The Kier molecular flexibility index (Phi) is 9.79. The molecule has 0 spiro atoms. The zero-order chi connectivity index (χ0) is 46.3. The smallest absolute Gasteiger partial charge is 0.310 e. The van der Waals surface area contributed by atoms with Crippen molar-refractivity contribution in [3.05, 3.63) is 221 Å². The number of nitrogens with zero attached hydrogens (tertiary/aromatic N) is 3. The molecule has 0 saturated heterocycles. The first kappa shape index (κ1) is 41.6. The second-order valence-corrected chi connectivity index (χ2v) is 18.0. The van der Waals surface area contributed by atoms with E-state index in [9.17, 15) is 13.2 Å². The molecular formula is C61H44F3N3. The molecule has 0 aliphatic rings. The highest BCUT2D eigenvalue weighted by molar-refractivity contribution is 6.13. The van der Waals surface area contributed by atoms with E-state index in [1.165, 1.54) is 28.3 Å². The number of para-hydroxylation sites is 2. The van der Waals surface area contributed by atoms with Crippen LogP contribution in [0.15, 0.2) is 176 Å². The molecule has 9 aromatic carbocycles. The molecule has 11 rings (SSSR count). The molecule has 0 fully saturated rings. The van der Waals surface area contributed by atoms with Gasteiger partial charge in [0.15, 0.2) is 5.69 Å². The van der Waals surface area contributed by atoms with Crippen LogP contribution in [0.5, 0.6) is 0 Å². The van der Waals surface area contributed by atoms with Gasteiger partial charge in [-0.2, -0.15) is 13.2 Å². The Balaban J connectivity index is 1.21.